The fraction of sp³-hybridized carbons (Fsp3) is 1.00. The predicted octanol–water partition coefficient (Wildman–Crippen LogP) is 0.901. The normalized spacial score (nSPS) is 27.9. The fourth-order valence-corrected chi connectivity index (χ4v) is 1.50. The second kappa shape index (κ2) is 4.69. The molecule has 0 spiro atoms. The summed E-state index contributed by atoms with van der Waals surface area (Å²) in [6, 6.07) is 0.590. The van der Waals surface area contributed by atoms with Crippen molar-refractivity contribution >= 4 is 0 Å². The lowest BCUT2D eigenvalue weighted by Crippen LogP contribution is -2.28. The molecule has 1 unspecified atom stereocenters. The Morgan fingerprint density at radius 1 is 1.30 bits per heavy atom. The highest BCUT2D eigenvalue weighted by Crippen LogP contribution is 2.09. The van der Waals surface area contributed by atoms with Crippen LogP contribution in [0.1, 0.15) is 32.1 Å². The SMILES string of the molecule is OCCC1CCCCCN1. The molecule has 0 radical (unpaired) electrons. The van der Waals surface area contributed by atoms with Crippen molar-refractivity contribution in [3.63, 3.8) is 0 Å². The molecule has 1 atom stereocenters. The van der Waals surface area contributed by atoms with Gasteiger partial charge in [0, 0.05) is 12.6 Å². The summed E-state index contributed by atoms with van der Waals surface area (Å²) in [7, 11) is 0. The van der Waals surface area contributed by atoms with Crippen molar-refractivity contribution in [2.24, 2.45) is 0 Å². The lowest BCUT2D eigenvalue weighted by Gasteiger charge is -2.12. The van der Waals surface area contributed by atoms with Crippen LogP contribution in [0.2, 0.25) is 0 Å². The summed E-state index contributed by atoms with van der Waals surface area (Å²) >= 11 is 0. The van der Waals surface area contributed by atoms with Crippen LogP contribution in [0.25, 0.3) is 0 Å². The van der Waals surface area contributed by atoms with Crippen LogP contribution in [-0.2, 0) is 0 Å². The number of hydrogen-bond donors (Lipinski definition) is 2. The van der Waals surface area contributed by atoms with Crippen molar-refractivity contribution in [2.45, 2.75) is 38.1 Å². The summed E-state index contributed by atoms with van der Waals surface area (Å²) in [6.45, 7) is 1.47. The van der Waals surface area contributed by atoms with E-state index in [1.807, 2.05) is 0 Å². The van der Waals surface area contributed by atoms with Gasteiger partial charge in [0.05, 0.1) is 0 Å². The number of nitrogens with one attached hydrogen (secondary N) is 1. The summed E-state index contributed by atoms with van der Waals surface area (Å²) in [6.07, 6.45) is 6.18. The quantitative estimate of drug-likeness (QED) is 0.602. The molecule has 0 aromatic carbocycles. The summed E-state index contributed by atoms with van der Waals surface area (Å²) in [5, 5.41) is 12.1. The molecule has 60 valence electrons. The average molecular weight is 143 g/mol. The smallest absolute Gasteiger partial charge is 0.0445 e. The lowest BCUT2D eigenvalue weighted by molar-refractivity contribution is 0.263. The second-order valence-electron chi connectivity index (χ2n) is 3.01. The van der Waals surface area contributed by atoms with Crippen molar-refractivity contribution in [3.05, 3.63) is 0 Å². The molecule has 0 aromatic heterocycles. The van der Waals surface area contributed by atoms with E-state index in [0.29, 0.717) is 12.6 Å². The molecule has 1 heterocycles. The zero-order chi connectivity index (χ0) is 7.23. The molecule has 1 aliphatic heterocycles. The zero-order valence-corrected chi connectivity index (χ0v) is 6.47. The first-order valence-electron chi connectivity index (χ1n) is 4.27. The van der Waals surface area contributed by atoms with Crippen molar-refractivity contribution in [1.82, 2.24) is 5.32 Å². The molecule has 1 saturated heterocycles. The summed E-state index contributed by atoms with van der Waals surface area (Å²) in [5.41, 5.74) is 0. The fourth-order valence-electron chi connectivity index (χ4n) is 1.50. The molecule has 2 heteroatoms. The zero-order valence-electron chi connectivity index (χ0n) is 6.47. The first-order chi connectivity index (χ1) is 4.93. The van der Waals surface area contributed by atoms with Crippen LogP contribution in [0.4, 0.5) is 0 Å². The monoisotopic (exact) mass is 143 g/mol. The molecular formula is C8H17NO. The molecule has 0 amide bonds. The Morgan fingerprint density at radius 2 is 2.20 bits per heavy atom. The van der Waals surface area contributed by atoms with E-state index in [1.165, 1.54) is 25.7 Å². The predicted molar refractivity (Wildman–Crippen MR) is 42.0 cm³/mol. The van der Waals surface area contributed by atoms with E-state index in [4.69, 9.17) is 5.11 Å². The molecule has 1 fully saturated rings. The highest BCUT2D eigenvalue weighted by Gasteiger charge is 2.09. The largest absolute Gasteiger partial charge is 0.396 e. The van der Waals surface area contributed by atoms with E-state index < -0.39 is 0 Å². The van der Waals surface area contributed by atoms with Gasteiger partial charge in [-0.3, -0.25) is 0 Å². The first-order valence-corrected chi connectivity index (χ1v) is 4.27. The average Bonchev–Trinajstić information content (AvgIpc) is 2.17. The summed E-state index contributed by atoms with van der Waals surface area (Å²) < 4.78 is 0. The van der Waals surface area contributed by atoms with Crippen LogP contribution in [0, 0.1) is 0 Å². The maximum Gasteiger partial charge on any atom is 0.0445 e. The Hall–Kier alpha value is -0.0800. The van der Waals surface area contributed by atoms with Crippen LogP contribution < -0.4 is 5.32 Å². The molecular weight excluding hydrogens is 126 g/mol. The van der Waals surface area contributed by atoms with Crippen molar-refractivity contribution in [3.8, 4) is 0 Å². The third kappa shape index (κ3) is 2.67. The number of rotatable bonds is 2. The molecule has 0 aliphatic carbocycles. The van der Waals surface area contributed by atoms with Gasteiger partial charge < -0.3 is 10.4 Å². The van der Waals surface area contributed by atoms with E-state index in [9.17, 15) is 0 Å². The van der Waals surface area contributed by atoms with Gasteiger partial charge in [-0.15, -0.1) is 0 Å². The summed E-state index contributed by atoms with van der Waals surface area (Å²) in [4.78, 5) is 0. The molecule has 10 heavy (non-hydrogen) atoms. The lowest BCUT2D eigenvalue weighted by atomic mass is 10.1. The topological polar surface area (TPSA) is 32.3 Å². The van der Waals surface area contributed by atoms with Gasteiger partial charge in [0.2, 0.25) is 0 Å². The standard InChI is InChI=1S/C8H17NO/c10-7-5-8-4-2-1-3-6-9-8/h8-10H,1-7H2. The Morgan fingerprint density at radius 3 is 3.00 bits per heavy atom. The van der Waals surface area contributed by atoms with Crippen LogP contribution in [-0.4, -0.2) is 24.3 Å². The van der Waals surface area contributed by atoms with Crippen LogP contribution in [0.15, 0.2) is 0 Å². The molecule has 1 rings (SSSR count). The molecule has 0 saturated carbocycles. The Bertz CT molecular complexity index is 77.3. The third-order valence-electron chi connectivity index (χ3n) is 2.14. The Kier molecular flexibility index (Phi) is 3.76. The van der Waals surface area contributed by atoms with Crippen LogP contribution >= 0.6 is 0 Å². The minimum Gasteiger partial charge on any atom is -0.396 e. The molecule has 1 aliphatic rings. The maximum atomic E-state index is 8.67. The number of aliphatic hydroxyl groups excluding tert-OH is 1. The van der Waals surface area contributed by atoms with Gasteiger partial charge in [-0.1, -0.05) is 12.8 Å². The first kappa shape index (κ1) is 8.02. The van der Waals surface area contributed by atoms with Gasteiger partial charge >= 0.3 is 0 Å². The van der Waals surface area contributed by atoms with Crippen molar-refractivity contribution in [2.75, 3.05) is 13.2 Å². The highest BCUT2D eigenvalue weighted by molar-refractivity contribution is 4.69. The van der Waals surface area contributed by atoms with E-state index >= 15 is 0 Å². The Labute approximate surface area is 62.6 Å². The highest BCUT2D eigenvalue weighted by atomic mass is 16.3. The van der Waals surface area contributed by atoms with Gasteiger partial charge in [0.15, 0.2) is 0 Å². The van der Waals surface area contributed by atoms with E-state index in [0.717, 1.165) is 13.0 Å². The van der Waals surface area contributed by atoms with Crippen LogP contribution in [0.5, 0.6) is 0 Å². The molecule has 0 aromatic rings. The van der Waals surface area contributed by atoms with Gasteiger partial charge in [-0.2, -0.15) is 0 Å². The molecule has 0 bridgehead atoms. The van der Waals surface area contributed by atoms with Crippen molar-refractivity contribution in [1.29, 1.82) is 0 Å². The van der Waals surface area contributed by atoms with Gasteiger partial charge in [0.25, 0.3) is 0 Å². The molecule has 2 N–H and O–H groups in total. The van der Waals surface area contributed by atoms with E-state index in [-0.39, 0.29) is 0 Å². The van der Waals surface area contributed by atoms with Gasteiger partial charge in [-0.25, -0.2) is 0 Å². The van der Waals surface area contributed by atoms with Gasteiger partial charge in [-0.05, 0) is 25.8 Å². The van der Waals surface area contributed by atoms with E-state index in [1.54, 1.807) is 0 Å². The Balaban J connectivity index is 2.15. The number of aliphatic hydroxyl groups is 1. The minimum absolute atomic E-state index is 0.331. The second-order valence-corrected chi connectivity index (χ2v) is 3.01. The van der Waals surface area contributed by atoms with Gasteiger partial charge in [0.1, 0.15) is 0 Å². The van der Waals surface area contributed by atoms with E-state index in [2.05, 4.69) is 5.32 Å². The minimum atomic E-state index is 0.331. The van der Waals surface area contributed by atoms with Crippen LogP contribution in [0.3, 0.4) is 0 Å². The number of hydrogen-bond acceptors (Lipinski definition) is 2. The third-order valence-corrected chi connectivity index (χ3v) is 2.14. The summed E-state index contributed by atoms with van der Waals surface area (Å²) in [5.74, 6) is 0. The maximum absolute atomic E-state index is 8.67. The van der Waals surface area contributed by atoms with Crippen molar-refractivity contribution < 1.29 is 5.11 Å². The molecule has 2 nitrogen and oxygen atoms in total.